The highest BCUT2D eigenvalue weighted by Crippen LogP contribution is 2.36. The fourth-order valence-electron chi connectivity index (χ4n) is 2.00. The Labute approximate surface area is 139 Å². The van der Waals surface area contributed by atoms with Gasteiger partial charge in [0.15, 0.2) is 18.1 Å². The van der Waals surface area contributed by atoms with Gasteiger partial charge >= 0.3 is 0 Å². The van der Waals surface area contributed by atoms with E-state index in [1.807, 2.05) is 18.2 Å². The molecule has 1 amide bonds. The number of methoxy groups -OCH3 is 1. The number of ether oxygens (including phenoxy) is 2. The molecular weight excluding hydrogens is 318 g/mol. The molecule has 0 fully saturated rings. The predicted octanol–water partition coefficient (Wildman–Crippen LogP) is 1.90. The molecule has 0 aliphatic rings. The second-order valence-corrected chi connectivity index (χ2v) is 5.20. The number of nitrogens with one attached hydrogen (secondary N) is 1. The third-order valence-corrected chi connectivity index (χ3v) is 3.29. The molecule has 0 spiro atoms. The van der Waals surface area contributed by atoms with Gasteiger partial charge < -0.3 is 20.5 Å². The molecule has 6 nitrogen and oxygen atoms in total. The number of benzene rings is 1. The Balaban J connectivity index is 2.02. The Hall–Kier alpha value is -2.31. The van der Waals surface area contributed by atoms with E-state index in [1.54, 1.807) is 18.3 Å². The summed E-state index contributed by atoms with van der Waals surface area (Å²) in [6, 6.07) is 9.31. The molecular formula is C16H18ClN3O3. The SMILES string of the molecule is COc1cc(CNCc2ccccn2)cc(Cl)c1OCC(N)=O. The smallest absolute Gasteiger partial charge is 0.255 e. The summed E-state index contributed by atoms with van der Waals surface area (Å²) in [5, 5.41) is 3.64. The monoisotopic (exact) mass is 335 g/mol. The Morgan fingerprint density at radius 2 is 2.17 bits per heavy atom. The third-order valence-electron chi connectivity index (χ3n) is 3.01. The number of halogens is 1. The molecule has 1 aromatic carbocycles. The van der Waals surface area contributed by atoms with Gasteiger partial charge in [0.25, 0.3) is 5.91 Å². The molecule has 7 heteroatoms. The van der Waals surface area contributed by atoms with E-state index in [2.05, 4.69) is 10.3 Å². The van der Waals surface area contributed by atoms with E-state index in [9.17, 15) is 4.79 Å². The molecule has 0 aliphatic carbocycles. The highest BCUT2D eigenvalue weighted by molar-refractivity contribution is 6.32. The molecule has 1 aromatic heterocycles. The molecule has 0 bridgehead atoms. The van der Waals surface area contributed by atoms with Crippen LogP contribution in [0.5, 0.6) is 11.5 Å². The van der Waals surface area contributed by atoms with Gasteiger partial charge in [-0.2, -0.15) is 0 Å². The number of nitrogens with zero attached hydrogens (tertiary/aromatic N) is 1. The van der Waals surface area contributed by atoms with Crippen molar-refractivity contribution in [3.8, 4) is 11.5 Å². The normalized spacial score (nSPS) is 10.3. The van der Waals surface area contributed by atoms with E-state index in [-0.39, 0.29) is 6.61 Å². The van der Waals surface area contributed by atoms with Gasteiger partial charge in [-0.25, -0.2) is 0 Å². The summed E-state index contributed by atoms with van der Waals surface area (Å²) in [5.41, 5.74) is 6.95. The van der Waals surface area contributed by atoms with Gasteiger partial charge in [0.05, 0.1) is 17.8 Å². The molecule has 122 valence electrons. The second-order valence-electron chi connectivity index (χ2n) is 4.79. The van der Waals surface area contributed by atoms with E-state index in [1.165, 1.54) is 7.11 Å². The number of hydrogen-bond acceptors (Lipinski definition) is 5. The Morgan fingerprint density at radius 1 is 1.35 bits per heavy atom. The topological polar surface area (TPSA) is 86.5 Å². The number of aromatic nitrogens is 1. The Morgan fingerprint density at radius 3 is 2.83 bits per heavy atom. The zero-order chi connectivity index (χ0) is 16.7. The number of hydrogen-bond donors (Lipinski definition) is 2. The first-order chi connectivity index (χ1) is 11.1. The summed E-state index contributed by atoms with van der Waals surface area (Å²) in [6.07, 6.45) is 1.75. The predicted molar refractivity (Wildman–Crippen MR) is 87.5 cm³/mol. The zero-order valence-electron chi connectivity index (χ0n) is 12.7. The van der Waals surface area contributed by atoms with Gasteiger partial charge in [-0.15, -0.1) is 0 Å². The number of pyridine rings is 1. The van der Waals surface area contributed by atoms with E-state index >= 15 is 0 Å². The number of carbonyl (C=O) groups excluding carboxylic acids is 1. The summed E-state index contributed by atoms with van der Waals surface area (Å²) in [6.45, 7) is 0.969. The van der Waals surface area contributed by atoms with Crippen molar-refractivity contribution in [1.82, 2.24) is 10.3 Å². The number of nitrogens with two attached hydrogens (primary N) is 1. The molecule has 1 heterocycles. The van der Waals surface area contributed by atoms with Gasteiger partial charge in [-0.05, 0) is 29.8 Å². The number of carbonyl (C=O) groups is 1. The van der Waals surface area contributed by atoms with Crippen LogP contribution in [0.4, 0.5) is 0 Å². The molecule has 0 atom stereocenters. The molecule has 0 unspecified atom stereocenters. The van der Waals surface area contributed by atoms with Crippen molar-refractivity contribution < 1.29 is 14.3 Å². The van der Waals surface area contributed by atoms with Gasteiger partial charge in [0.2, 0.25) is 0 Å². The first-order valence-electron chi connectivity index (χ1n) is 6.98. The van der Waals surface area contributed by atoms with E-state index in [4.69, 9.17) is 26.8 Å². The quantitative estimate of drug-likeness (QED) is 0.769. The van der Waals surface area contributed by atoms with Gasteiger partial charge in [0, 0.05) is 19.3 Å². The number of rotatable bonds is 8. The Kier molecular flexibility index (Phi) is 6.19. The summed E-state index contributed by atoms with van der Waals surface area (Å²) < 4.78 is 10.5. The minimum atomic E-state index is -0.579. The van der Waals surface area contributed by atoms with Crippen molar-refractivity contribution in [2.45, 2.75) is 13.1 Å². The van der Waals surface area contributed by atoms with Crippen molar-refractivity contribution in [2.75, 3.05) is 13.7 Å². The highest BCUT2D eigenvalue weighted by atomic mass is 35.5. The maximum atomic E-state index is 10.8. The lowest BCUT2D eigenvalue weighted by Gasteiger charge is -2.13. The van der Waals surface area contributed by atoms with Gasteiger partial charge in [-0.1, -0.05) is 17.7 Å². The van der Waals surface area contributed by atoms with Crippen LogP contribution in [0, 0.1) is 0 Å². The maximum Gasteiger partial charge on any atom is 0.255 e. The average molecular weight is 336 g/mol. The van der Waals surface area contributed by atoms with Crippen LogP contribution in [0.25, 0.3) is 0 Å². The van der Waals surface area contributed by atoms with E-state index in [0.717, 1.165) is 11.3 Å². The average Bonchev–Trinajstić information content (AvgIpc) is 2.54. The van der Waals surface area contributed by atoms with Crippen molar-refractivity contribution in [3.63, 3.8) is 0 Å². The van der Waals surface area contributed by atoms with E-state index < -0.39 is 5.91 Å². The second kappa shape index (κ2) is 8.36. The van der Waals surface area contributed by atoms with Gasteiger partial charge in [-0.3, -0.25) is 9.78 Å². The van der Waals surface area contributed by atoms with Crippen molar-refractivity contribution in [1.29, 1.82) is 0 Å². The highest BCUT2D eigenvalue weighted by Gasteiger charge is 2.13. The summed E-state index contributed by atoms with van der Waals surface area (Å²) in [4.78, 5) is 15.1. The minimum Gasteiger partial charge on any atom is -0.493 e. The van der Waals surface area contributed by atoms with Crippen molar-refractivity contribution >= 4 is 17.5 Å². The molecule has 23 heavy (non-hydrogen) atoms. The lowest BCUT2D eigenvalue weighted by molar-refractivity contribution is -0.119. The molecule has 0 saturated carbocycles. The summed E-state index contributed by atoms with van der Waals surface area (Å²) in [5.74, 6) is 0.180. The number of amides is 1. The molecule has 0 radical (unpaired) electrons. The van der Waals surface area contributed by atoms with Crippen LogP contribution in [0.3, 0.4) is 0 Å². The molecule has 2 rings (SSSR count). The summed E-state index contributed by atoms with van der Waals surface area (Å²) >= 11 is 6.20. The van der Waals surface area contributed by atoms with Crippen LogP contribution in [0.2, 0.25) is 5.02 Å². The van der Waals surface area contributed by atoms with Crippen LogP contribution in [0.1, 0.15) is 11.3 Å². The molecule has 2 aromatic rings. The molecule has 0 aliphatic heterocycles. The first kappa shape index (κ1) is 17.1. The standard InChI is InChI=1S/C16H18ClN3O3/c1-22-14-7-11(6-13(17)16(14)23-10-15(18)21)8-19-9-12-4-2-3-5-20-12/h2-7,19H,8-10H2,1H3,(H2,18,21). The van der Waals surface area contributed by atoms with Crippen LogP contribution in [-0.2, 0) is 17.9 Å². The lowest BCUT2D eigenvalue weighted by Crippen LogP contribution is -2.20. The fourth-order valence-corrected chi connectivity index (χ4v) is 2.28. The van der Waals surface area contributed by atoms with Crippen LogP contribution in [-0.4, -0.2) is 24.6 Å². The maximum absolute atomic E-state index is 10.8. The van der Waals surface area contributed by atoms with Crippen LogP contribution in [0.15, 0.2) is 36.5 Å². The zero-order valence-corrected chi connectivity index (χ0v) is 13.5. The van der Waals surface area contributed by atoms with Gasteiger partial charge in [0.1, 0.15) is 0 Å². The largest absolute Gasteiger partial charge is 0.493 e. The molecule has 0 saturated heterocycles. The summed E-state index contributed by atoms with van der Waals surface area (Å²) in [7, 11) is 1.51. The van der Waals surface area contributed by atoms with Crippen LogP contribution >= 0.6 is 11.6 Å². The van der Waals surface area contributed by atoms with E-state index in [0.29, 0.717) is 29.6 Å². The number of primary amides is 1. The third kappa shape index (κ3) is 5.12. The fraction of sp³-hybridized carbons (Fsp3) is 0.250. The van der Waals surface area contributed by atoms with Crippen molar-refractivity contribution in [3.05, 3.63) is 52.8 Å². The van der Waals surface area contributed by atoms with Crippen LogP contribution < -0.4 is 20.5 Å². The molecule has 3 N–H and O–H groups in total. The lowest BCUT2D eigenvalue weighted by atomic mass is 10.2. The minimum absolute atomic E-state index is 0.257. The van der Waals surface area contributed by atoms with Crippen molar-refractivity contribution in [2.24, 2.45) is 5.73 Å². The first-order valence-corrected chi connectivity index (χ1v) is 7.36. The Bertz CT molecular complexity index is 665.